The molecule has 0 aliphatic rings. The van der Waals surface area contributed by atoms with Crippen LogP contribution in [0.3, 0.4) is 0 Å². The predicted octanol–water partition coefficient (Wildman–Crippen LogP) is 1.68. The number of rotatable bonds is 5. The van der Waals surface area contributed by atoms with Gasteiger partial charge in [0.15, 0.2) is 11.5 Å². The van der Waals surface area contributed by atoms with Crippen molar-refractivity contribution in [1.82, 2.24) is 30.3 Å². The Bertz CT molecular complexity index is 771. The lowest BCUT2D eigenvalue weighted by Crippen LogP contribution is -2.26. The average molecular weight is 329 g/mol. The van der Waals surface area contributed by atoms with Gasteiger partial charge in [-0.2, -0.15) is 5.10 Å². The Morgan fingerprint density at radius 2 is 1.96 bits per heavy atom. The topological polar surface area (TPSA) is 85.6 Å². The molecule has 0 aliphatic heterocycles. The van der Waals surface area contributed by atoms with Crippen molar-refractivity contribution in [3.05, 3.63) is 65.3 Å². The van der Waals surface area contributed by atoms with Crippen molar-refractivity contribution in [3.8, 4) is 5.82 Å². The van der Waals surface area contributed by atoms with Crippen molar-refractivity contribution in [3.63, 3.8) is 0 Å². The molecule has 1 N–H and O–H groups in total. The van der Waals surface area contributed by atoms with E-state index in [0.717, 1.165) is 5.56 Å². The van der Waals surface area contributed by atoms with Gasteiger partial charge in [-0.25, -0.2) is 9.67 Å². The first-order valence-corrected chi connectivity index (χ1v) is 7.31. The lowest BCUT2D eigenvalue weighted by molar-refractivity contribution is 0.0948. The molecule has 0 saturated carbocycles. The molecule has 8 heteroatoms. The van der Waals surface area contributed by atoms with Crippen molar-refractivity contribution in [2.75, 3.05) is 6.54 Å². The first-order chi connectivity index (χ1) is 11.2. The summed E-state index contributed by atoms with van der Waals surface area (Å²) in [5.41, 5.74) is 1.35. The minimum absolute atomic E-state index is 0.255. The van der Waals surface area contributed by atoms with Gasteiger partial charge in [0, 0.05) is 11.6 Å². The van der Waals surface area contributed by atoms with Crippen molar-refractivity contribution < 1.29 is 4.79 Å². The van der Waals surface area contributed by atoms with Crippen LogP contribution in [0.15, 0.2) is 49.1 Å². The summed E-state index contributed by atoms with van der Waals surface area (Å²) in [6, 6.07) is 10.8. The molecule has 0 fully saturated rings. The zero-order chi connectivity index (χ0) is 16.1. The minimum Gasteiger partial charge on any atom is -0.350 e. The molecule has 0 saturated heterocycles. The van der Waals surface area contributed by atoms with Gasteiger partial charge in [0.25, 0.3) is 5.91 Å². The van der Waals surface area contributed by atoms with Gasteiger partial charge in [0.1, 0.15) is 12.7 Å². The van der Waals surface area contributed by atoms with Gasteiger partial charge in [0.2, 0.25) is 0 Å². The third-order valence-corrected chi connectivity index (χ3v) is 3.40. The maximum Gasteiger partial charge on any atom is 0.271 e. The summed E-state index contributed by atoms with van der Waals surface area (Å²) in [6.45, 7) is 0.507. The van der Waals surface area contributed by atoms with Crippen molar-refractivity contribution in [2.45, 2.75) is 6.42 Å². The monoisotopic (exact) mass is 328 g/mol. The maximum absolute atomic E-state index is 12.0. The Balaban J connectivity index is 1.55. The van der Waals surface area contributed by atoms with Crippen LogP contribution in [0.4, 0.5) is 0 Å². The summed E-state index contributed by atoms with van der Waals surface area (Å²) in [5, 5.41) is 15.3. The highest BCUT2D eigenvalue weighted by atomic mass is 35.5. The van der Waals surface area contributed by atoms with Crippen LogP contribution in [0, 0.1) is 0 Å². The fraction of sp³-hybridized carbons (Fsp3) is 0.133. The summed E-state index contributed by atoms with van der Waals surface area (Å²) in [7, 11) is 0. The summed E-state index contributed by atoms with van der Waals surface area (Å²) in [6.07, 6.45) is 3.63. The molecule has 0 unspecified atom stereocenters. The quantitative estimate of drug-likeness (QED) is 0.770. The van der Waals surface area contributed by atoms with Gasteiger partial charge in [0.05, 0.1) is 0 Å². The molecule has 1 amide bonds. The molecule has 0 atom stereocenters. The van der Waals surface area contributed by atoms with Crippen LogP contribution < -0.4 is 5.32 Å². The molecular weight excluding hydrogens is 316 g/mol. The van der Waals surface area contributed by atoms with Crippen LogP contribution in [0.1, 0.15) is 16.1 Å². The molecule has 116 valence electrons. The zero-order valence-electron chi connectivity index (χ0n) is 12.1. The van der Waals surface area contributed by atoms with Gasteiger partial charge < -0.3 is 5.32 Å². The van der Waals surface area contributed by atoms with Crippen LogP contribution in [0.25, 0.3) is 5.82 Å². The smallest absolute Gasteiger partial charge is 0.271 e. The Hall–Kier alpha value is -2.80. The number of nitrogens with zero attached hydrogens (tertiary/aromatic N) is 5. The molecule has 0 spiro atoms. The molecule has 7 nitrogen and oxygen atoms in total. The summed E-state index contributed by atoms with van der Waals surface area (Å²) in [5.74, 6) is 0.233. The molecule has 0 bridgehead atoms. The maximum atomic E-state index is 12.0. The number of carbonyl (C=O) groups is 1. The van der Waals surface area contributed by atoms with E-state index in [1.807, 2.05) is 24.3 Å². The first kappa shape index (κ1) is 15.1. The van der Waals surface area contributed by atoms with Crippen LogP contribution in [0.2, 0.25) is 5.02 Å². The third-order valence-electron chi connectivity index (χ3n) is 3.15. The van der Waals surface area contributed by atoms with Crippen LogP contribution in [0.5, 0.6) is 0 Å². The molecule has 3 rings (SSSR count). The summed E-state index contributed by atoms with van der Waals surface area (Å²) < 4.78 is 1.47. The van der Waals surface area contributed by atoms with E-state index in [2.05, 4.69) is 25.6 Å². The SMILES string of the molecule is O=C(NCCc1ccc(Cl)cc1)c1ccc(-n2cncn2)nn1. The standard InChI is InChI=1S/C15H13ClN6O/c16-12-3-1-11(2-4-12)7-8-18-15(23)13-5-6-14(21-20-13)22-10-17-9-19-22/h1-6,9-10H,7-8H2,(H,18,23). The van der Waals surface area contributed by atoms with E-state index in [1.54, 1.807) is 12.1 Å². The van der Waals surface area contributed by atoms with E-state index in [0.29, 0.717) is 23.8 Å². The second-order valence-corrected chi connectivity index (χ2v) is 5.19. The Morgan fingerprint density at radius 1 is 1.13 bits per heavy atom. The van der Waals surface area contributed by atoms with Gasteiger partial charge in [-0.1, -0.05) is 23.7 Å². The molecule has 2 aromatic heterocycles. The highest BCUT2D eigenvalue weighted by molar-refractivity contribution is 6.30. The molecule has 0 aliphatic carbocycles. The number of hydrogen-bond acceptors (Lipinski definition) is 5. The van der Waals surface area contributed by atoms with Gasteiger partial charge in [-0.05, 0) is 36.2 Å². The van der Waals surface area contributed by atoms with Crippen LogP contribution in [-0.4, -0.2) is 37.4 Å². The second-order valence-electron chi connectivity index (χ2n) is 4.75. The largest absolute Gasteiger partial charge is 0.350 e. The Labute approximate surface area is 137 Å². The number of carbonyl (C=O) groups excluding carboxylic acids is 1. The third kappa shape index (κ3) is 3.89. The minimum atomic E-state index is -0.267. The molecule has 23 heavy (non-hydrogen) atoms. The lowest BCUT2D eigenvalue weighted by atomic mass is 10.1. The normalized spacial score (nSPS) is 10.5. The van der Waals surface area contributed by atoms with E-state index < -0.39 is 0 Å². The average Bonchev–Trinajstić information content (AvgIpc) is 3.11. The molecule has 0 radical (unpaired) electrons. The fourth-order valence-corrected chi connectivity index (χ4v) is 2.08. The number of halogens is 1. The van der Waals surface area contributed by atoms with E-state index in [-0.39, 0.29) is 11.6 Å². The zero-order valence-corrected chi connectivity index (χ0v) is 12.8. The van der Waals surface area contributed by atoms with E-state index in [9.17, 15) is 4.79 Å². The number of hydrogen-bond donors (Lipinski definition) is 1. The van der Waals surface area contributed by atoms with Gasteiger partial charge in [-0.3, -0.25) is 4.79 Å². The number of aromatic nitrogens is 5. The Morgan fingerprint density at radius 3 is 2.61 bits per heavy atom. The number of nitrogens with one attached hydrogen (secondary N) is 1. The van der Waals surface area contributed by atoms with Crippen LogP contribution in [-0.2, 0) is 6.42 Å². The predicted molar refractivity (Wildman–Crippen MR) is 84.4 cm³/mol. The van der Waals surface area contributed by atoms with Gasteiger partial charge in [-0.15, -0.1) is 10.2 Å². The highest BCUT2D eigenvalue weighted by Gasteiger charge is 2.08. The van der Waals surface area contributed by atoms with Crippen molar-refractivity contribution in [1.29, 1.82) is 0 Å². The number of amides is 1. The van der Waals surface area contributed by atoms with Gasteiger partial charge >= 0.3 is 0 Å². The summed E-state index contributed by atoms with van der Waals surface area (Å²) >= 11 is 5.83. The van der Waals surface area contributed by atoms with E-state index in [1.165, 1.54) is 17.3 Å². The molecule has 2 heterocycles. The first-order valence-electron chi connectivity index (χ1n) is 6.94. The van der Waals surface area contributed by atoms with Crippen LogP contribution >= 0.6 is 11.6 Å². The highest BCUT2D eigenvalue weighted by Crippen LogP contribution is 2.09. The van der Waals surface area contributed by atoms with Crippen molar-refractivity contribution in [2.24, 2.45) is 0 Å². The molecule has 1 aromatic carbocycles. The van der Waals surface area contributed by atoms with E-state index in [4.69, 9.17) is 11.6 Å². The second kappa shape index (κ2) is 6.97. The lowest BCUT2D eigenvalue weighted by Gasteiger charge is -2.05. The Kier molecular flexibility index (Phi) is 4.58. The number of benzene rings is 1. The van der Waals surface area contributed by atoms with E-state index >= 15 is 0 Å². The fourth-order valence-electron chi connectivity index (χ4n) is 1.96. The molecular formula is C15H13ClN6O. The molecule has 3 aromatic rings. The van der Waals surface area contributed by atoms with Crippen molar-refractivity contribution >= 4 is 17.5 Å². The summed E-state index contributed by atoms with van der Waals surface area (Å²) in [4.78, 5) is 15.8.